The normalized spacial score (nSPS) is 30.1. The lowest BCUT2D eigenvalue weighted by molar-refractivity contribution is -0.147. The van der Waals surface area contributed by atoms with E-state index in [9.17, 15) is 4.79 Å². The predicted octanol–water partition coefficient (Wildman–Crippen LogP) is 0.630. The number of carbonyl (C=O) groups is 1. The minimum absolute atomic E-state index is 0.220. The topological polar surface area (TPSA) is 43.8 Å². The van der Waals surface area contributed by atoms with Crippen molar-refractivity contribution in [2.75, 3.05) is 26.2 Å². The van der Waals surface area contributed by atoms with Gasteiger partial charge < -0.3 is 10.0 Å². The van der Waals surface area contributed by atoms with Gasteiger partial charge in [-0.2, -0.15) is 0 Å². The number of piperidine rings is 1. The van der Waals surface area contributed by atoms with Gasteiger partial charge in [-0.15, -0.1) is 0 Å². The first kappa shape index (κ1) is 10.9. The maximum atomic E-state index is 11.1. The molecule has 0 aromatic heterocycles. The lowest BCUT2D eigenvalue weighted by Crippen LogP contribution is -2.63. The van der Waals surface area contributed by atoms with Crippen molar-refractivity contribution in [3.63, 3.8) is 0 Å². The lowest BCUT2D eigenvalue weighted by atomic mass is 9.96. The maximum Gasteiger partial charge on any atom is 0.320 e. The first-order valence-electron chi connectivity index (χ1n) is 5.93. The van der Waals surface area contributed by atoms with E-state index in [0.717, 1.165) is 45.4 Å². The van der Waals surface area contributed by atoms with Crippen LogP contribution < -0.4 is 0 Å². The molecule has 2 aliphatic heterocycles. The van der Waals surface area contributed by atoms with E-state index in [0.29, 0.717) is 6.04 Å². The molecule has 1 N–H and O–H groups in total. The van der Waals surface area contributed by atoms with Gasteiger partial charge in [0.1, 0.15) is 6.04 Å². The standard InChI is InChI=1S/C11H20N2O2/c1-2-12-7-9(8-12)13-6-4-3-5-10(13)11(14)15/h9-10H,2-8H2,1H3,(H,14,15). The molecule has 2 aliphatic rings. The van der Waals surface area contributed by atoms with Crippen LogP contribution in [0.25, 0.3) is 0 Å². The van der Waals surface area contributed by atoms with Crippen molar-refractivity contribution in [1.82, 2.24) is 9.80 Å². The molecule has 0 aromatic rings. The Morgan fingerprint density at radius 1 is 1.40 bits per heavy atom. The van der Waals surface area contributed by atoms with Gasteiger partial charge in [-0.25, -0.2) is 0 Å². The minimum atomic E-state index is -0.635. The smallest absolute Gasteiger partial charge is 0.320 e. The van der Waals surface area contributed by atoms with Crippen molar-refractivity contribution < 1.29 is 9.90 Å². The second-order valence-electron chi connectivity index (χ2n) is 4.59. The number of carboxylic acid groups (broad SMARTS) is 1. The van der Waals surface area contributed by atoms with Crippen LogP contribution in [0.1, 0.15) is 26.2 Å². The SMILES string of the molecule is CCN1CC(N2CCCCC2C(=O)O)C1. The fourth-order valence-corrected chi connectivity index (χ4v) is 2.67. The van der Waals surface area contributed by atoms with E-state index >= 15 is 0 Å². The fraction of sp³-hybridized carbons (Fsp3) is 0.909. The summed E-state index contributed by atoms with van der Waals surface area (Å²) in [5.74, 6) is -0.635. The maximum absolute atomic E-state index is 11.1. The van der Waals surface area contributed by atoms with Crippen LogP contribution in [-0.2, 0) is 4.79 Å². The summed E-state index contributed by atoms with van der Waals surface area (Å²) in [6.45, 7) is 6.32. The van der Waals surface area contributed by atoms with Crippen LogP contribution in [0.15, 0.2) is 0 Å². The molecular formula is C11H20N2O2. The Morgan fingerprint density at radius 2 is 2.13 bits per heavy atom. The number of hydrogen-bond donors (Lipinski definition) is 1. The van der Waals surface area contributed by atoms with Gasteiger partial charge in [0, 0.05) is 19.1 Å². The summed E-state index contributed by atoms with van der Waals surface area (Å²) in [7, 11) is 0. The van der Waals surface area contributed by atoms with E-state index in [2.05, 4.69) is 16.7 Å². The van der Waals surface area contributed by atoms with Crippen molar-refractivity contribution in [2.24, 2.45) is 0 Å². The average molecular weight is 212 g/mol. The number of aliphatic carboxylic acids is 1. The van der Waals surface area contributed by atoms with Crippen LogP contribution in [0, 0.1) is 0 Å². The van der Waals surface area contributed by atoms with Gasteiger partial charge >= 0.3 is 5.97 Å². The van der Waals surface area contributed by atoms with Crippen molar-refractivity contribution in [2.45, 2.75) is 38.3 Å². The van der Waals surface area contributed by atoms with Crippen molar-refractivity contribution in [3.8, 4) is 0 Å². The van der Waals surface area contributed by atoms with Crippen LogP contribution in [0.5, 0.6) is 0 Å². The zero-order chi connectivity index (χ0) is 10.8. The van der Waals surface area contributed by atoms with E-state index in [-0.39, 0.29) is 6.04 Å². The first-order chi connectivity index (χ1) is 7.22. The van der Waals surface area contributed by atoms with E-state index < -0.39 is 5.97 Å². The van der Waals surface area contributed by atoms with Crippen LogP contribution in [0.4, 0.5) is 0 Å². The third kappa shape index (κ3) is 2.16. The fourth-order valence-electron chi connectivity index (χ4n) is 2.67. The molecule has 2 saturated heterocycles. The summed E-state index contributed by atoms with van der Waals surface area (Å²) < 4.78 is 0. The molecule has 4 nitrogen and oxygen atoms in total. The zero-order valence-electron chi connectivity index (χ0n) is 9.35. The molecule has 0 aliphatic carbocycles. The van der Waals surface area contributed by atoms with Gasteiger partial charge in [0.25, 0.3) is 0 Å². The van der Waals surface area contributed by atoms with Crippen LogP contribution >= 0.6 is 0 Å². The largest absolute Gasteiger partial charge is 0.480 e. The Bertz CT molecular complexity index is 239. The second kappa shape index (κ2) is 4.49. The number of hydrogen-bond acceptors (Lipinski definition) is 3. The van der Waals surface area contributed by atoms with Crippen LogP contribution in [0.3, 0.4) is 0 Å². The monoisotopic (exact) mass is 212 g/mol. The highest BCUT2D eigenvalue weighted by atomic mass is 16.4. The third-order valence-corrected chi connectivity index (χ3v) is 3.68. The highest BCUT2D eigenvalue weighted by Crippen LogP contribution is 2.24. The lowest BCUT2D eigenvalue weighted by Gasteiger charge is -2.48. The molecule has 0 aromatic carbocycles. The van der Waals surface area contributed by atoms with Gasteiger partial charge in [0.2, 0.25) is 0 Å². The molecule has 15 heavy (non-hydrogen) atoms. The number of likely N-dealkylation sites (tertiary alicyclic amines) is 2. The molecule has 1 unspecified atom stereocenters. The molecule has 0 spiro atoms. The highest BCUT2D eigenvalue weighted by Gasteiger charge is 2.38. The molecule has 0 saturated carbocycles. The summed E-state index contributed by atoms with van der Waals surface area (Å²) in [6.07, 6.45) is 3.06. The number of nitrogens with zero attached hydrogens (tertiary/aromatic N) is 2. The van der Waals surface area contributed by atoms with Crippen molar-refractivity contribution >= 4 is 5.97 Å². The zero-order valence-corrected chi connectivity index (χ0v) is 9.35. The van der Waals surface area contributed by atoms with Gasteiger partial charge in [0.15, 0.2) is 0 Å². The van der Waals surface area contributed by atoms with Gasteiger partial charge in [0.05, 0.1) is 0 Å². The predicted molar refractivity (Wildman–Crippen MR) is 57.9 cm³/mol. The Labute approximate surface area is 90.9 Å². The summed E-state index contributed by atoms with van der Waals surface area (Å²) >= 11 is 0. The van der Waals surface area contributed by atoms with Gasteiger partial charge in [-0.1, -0.05) is 13.3 Å². The molecule has 2 heterocycles. The van der Waals surface area contributed by atoms with Gasteiger partial charge in [-0.3, -0.25) is 9.69 Å². The van der Waals surface area contributed by atoms with E-state index in [1.54, 1.807) is 0 Å². The van der Waals surface area contributed by atoms with Crippen molar-refractivity contribution in [3.05, 3.63) is 0 Å². The summed E-state index contributed by atoms with van der Waals surface area (Å²) in [4.78, 5) is 15.7. The molecule has 0 radical (unpaired) electrons. The number of carboxylic acids is 1. The van der Waals surface area contributed by atoms with Crippen LogP contribution in [0.2, 0.25) is 0 Å². The third-order valence-electron chi connectivity index (χ3n) is 3.68. The number of likely N-dealkylation sites (N-methyl/N-ethyl adjacent to an activating group) is 1. The number of rotatable bonds is 3. The van der Waals surface area contributed by atoms with Crippen molar-refractivity contribution in [1.29, 1.82) is 0 Å². The van der Waals surface area contributed by atoms with Gasteiger partial charge in [-0.05, 0) is 25.9 Å². The average Bonchev–Trinajstić information content (AvgIpc) is 2.16. The Morgan fingerprint density at radius 3 is 2.73 bits per heavy atom. The second-order valence-corrected chi connectivity index (χ2v) is 4.59. The molecular weight excluding hydrogens is 192 g/mol. The molecule has 1 atom stereocenters. The first-order valence-corrected chi connectivity index (χ1v) is 5.93. The Hall–Kier alpha value is -0.610. The molecule has 0 bridgehead atoms. The molecule has 86 valence electrons. The molecule has 2 rings (SSSR count). The Kier molecular flexibility index (Phi) is 3.26. The van der Waals surface area contributed by atoms with E-state index in [1.165, 1.54) is 0 Å². The summed E-state index contributed by atoms with van der Waals surface area (Å²) in [6, 6.07) is 0.272. The quantitative estimate of drug-likeness (QED) is 0.745. The minimum Gasteiger partial charge on any atom is -0.480 e. The molecule has 4 heteroatoms. The van der Waals surface area contributed by atoms with E-state index in [1.807, 2.05) is 0 Å². The molecule has 2 fully saturated rings. The van der Waals surface area contributed by atoms with Crippen LogP contribution in [-0.4, -0.2) is 59.1 Å². The summed E-state index contributed by atoms with van der Waals surface area (Å²) in [5.41, 5.74) is 0. The molecule has 0 amide bonds. The summed E-state index contributed by atoms with van der Waals surface area (Å²) in [5, 5.41) is 9.14. The Balaban J connectivity index is 1.91. The highest BCUT2D eigenvalue weighted by molar-refractivity contribution is 5.73. The van der Waals surface area contributed by atoms with E-state index in [4.69, 9.17) is 5.11 Å².